The number of hydrogen-bond donors (Lipinski definition) is 4. The van der Waals surface area contributed by atoms with Crippen molar-refractivity contribution >= 4 is 0 Å². The van der Waals surface area contributed by atoms with Gasteiger partial charge in [0.25, 0.3) is 0 Å². The van der Waals surface area contributed by atoms with E-state index in [1.165, 1.54) is 0 Å². The maximum atomic E-state index is 7.08. The van der Waals surface area contributed by atoms with E-state index >= 15 is 0 Å². The van der Waals surface area contributed by atoms with Gasteiger partial charge in [0.05, 0.1) is 21.1 Å². The summed E-state index contributed by atoms with van der Waals surface area (Å²) in [4.78, 5) is 0. The van der Waals surface area contributed by atoms with Gasteiger partial charge in [0, 0.05) is 0 Å². The van der Waals surface area contributed by atoms with E-state index in [1.807, 2.05) is 21.1 Å². The average molecular weight is 124 g/mol. The highest BCUT2D eigenvalue weighted by Crippen LogP contribution is 1.47. The van der Waals surface area contributed by atoms with Crippen LogP contribution in [0.3, 0.4) is 0 Å². The van der Waals surface area contributed by atoms with Gasteiger partial charge in [-0.1, -0.05) is 0 Å². The maximum Gasteiger partial charge on any atom is 0.0606 e. The van der Waals surface area contributed by atoms with Crippen LogP contribution < -0.4 is 0 Å². The first-order chi connectivity index (χ1) is 3.83. The lowest BCUT2D eigenvalue weighted by Crippen LogP contribution is -1.41. The van der Waals surface area contributed by atoms with Crippen molar-refractivity contribution in [1.29, 1.82) is 0 Å². The summed E-state index contributed by atoms with van der Waals surface area (Å²) in [5, 5.41) is 36.0. The van der Waals surface area contributed by atoms with E-state index in [-0.39, 0.29) is 0 Å². The van der Waals surface area contributed by atoms with Crippen LogP contribution in [0.2, 0.25) is 0 Å². The van der Waals surface area contributed by atoms with Crippen molar-refractivity contribution in [2.45, 2.75) is 0 Å². The van der Waals surface area contributed by atoms with Gasteiger partial charge in [0.2, 0.25) is 0 Å². The first-order valence-electron chi connectivity index (χ1n) is 1.20. The molecule has 0 aliphatic carbocycles. The Bertz CT molecular complexity index is 48.4. The fourth-order valence-corrected chi connectivity index (χ4v) is 0. The quantitative estimate of drug-likeness (QED) is 0.275. The third kappa shape index (κ3) is 318. The van der Waals surface area contributed by atoms with Crippen LogP contribution in [0.1, 0.15) is 0 Å². The molecule has 0 saturated heterocycles. The molecule has 0 rings (SSSR count). The van der Waals surface area contributed by atoms with E-state index in [4.69, 9.17) is 20.8 Å². The molecule has 0 bridgehead atoms. The Morgan fingerprint density at radius 2 is 0.625 bits per heavy atom. The summed E-state index contributed by atoms with van der Waals surface area (Å²) in [6.45, 7) is 0. The third-order valence-electron chi connectivity index (χ3n) is 0.0800. The van der Waals surface area contributed by atoms with Crippen molar-refractivity contribution in [3.8, 4) is 0 Å². The maximum absolute atomic E-state index is 7.08. The Hall–Kier alpha value is -1.60. The van der Waals surface area contributed by atoms with Gasteiger partial charge in [-0.2, -0.15) is 0 Å². The minimum Gasteiger partial charge on any atom is -0.392 e. The molecule has 0 aromatic rings. The van der Waals surface area contributed by atoms with Gasteiger partial charge in [-0.05, 0) is 0 Å². The summed E-state index contributed by atoms with van der Waals surface area (Å²) in [7, 11) is 0. The van der Waals surface area contributed by atoms with E-state index in [9.17, 15) is 0 Å². The lowest BCUT2D eigenvalue weighted by molar-refractivity contribution is 0.177. The second-order valence-electron chi connectivity index (χ2n) is 0.358. The van der Waals surface area contributed by atoms with Crippen molar-refractivity contribution in [2.24, 2.45) is 21.1 Å². The minimum absolute atomic E-state index is 1.92. The van der Waals surface area contributed by atoms with Crippen LogP contribution in [0.4, 0.5) is 0 Å². The van der Waals surface area contributed by atoms with Crippen LogP contribution >= 0.6 is 0 Å². The van der Waals surface area contributed by atoms with Crippen molar-refractivity contribution in [3.05, 3.63) is 0 Å². The Morgan fingerprint density at radius 3 is 0.625 bits per heavy atom. The summed E-state index contributed by atoms with van der Waals surface area (Å²) in [6, 6.07) is 0. The molecule has 8 heteroatoms. The molecule has 0 saturated carbocycles. The molecule has 0 spiro atoms. The molecule has 48 valence electrons. The second kappa shape index (κ2) is 18.1. The largest absolute Gasteiger partial charge is 0.392 e. The van der Waals surface area contributed by atoms with Gasteiger partial charge in [-0.25, -0.2) is 0 Å². The molecular formula is H4N4O4. The molecule has 0 unspecified atom stereocenters. The summed E-state index contributed by atoms with van der Waals surface area (Å²) < 4.78 is 0. The van der Waals surface area contributed by atoms with E-state index in [0.29, 0.717) is 0 Å². The normalized spacial score (nSPS) is 9.00. The molecule has 8 heavy (non-hydrogen) atoms. The molecule has 0 amide bonds. The van der Waals surface area contributed by atoms with Crippen molar-refractivity contribution in [2.75, 3.05) is 0 Å². The number of nitrogens with zero attached hydrogens (tertiary/aromatic N) is 4. The van der Waals surface area contributed by atoms with Crippen LogP contribution in [0.25, 0.3) is 0 Å². The Labute approximate surface area is 43.3 Å². The minimum atomic E-state index is 1.92. The molecule has 0 aliphatic heterocycles. The summed E-state index contributed by atoms with van der Waals surface area (Å²) in [5.41, 5.74) is 0. The van der Waals surface area contributed by atoms with Crippen LogP contribution in [0.15, 0.2) is 21.1 Å². The van der Waals surface area contributed by atoms with Crippen LogP contribution in [-0.2, 0) is 0 Å². The van der Waals surface area contributed by atoms with Gasteiger partial charge < -0.3 is 20.8 Å². The number of hydrogen-bond acceptors (Lipinski definition) is 4. The SMILES string of the molecule is ON=NO.ON=NO. The van der Waals surface area contributed by atoms with Crippen molar-refractivity contribution in [3.63, 3.8) is 0 Å². The highest BCUT2D eigenvalue weighted by atomic mass is 16.6. The van der Waals surface area contributed by atoms with Crippen LogP contribution in [0.5, 0.6) is 0 Å². The summed E-state index contributed by atoms with van der Waals surface area (Å²) in [5.74, 6) is 0. The Morgan fingerprint density at radius 1 is 0.500 bits per heavy atom. The Balaban J connectivity index is 0. The zero-order valence-corrected chi connectivity index (χ0v) is 3.58. The zero-order chi connectivity index (χ0) is 6.83. The molecule has 8 nitrogen and oxygen atoms in total. The lowest BCUT2D eigenvalue weighted by atomic mass is 13.0. The molecule has 0 aromatic carbocycles. The monoisotopic (exact) mass is 124 g/mol. The molecule has 0 fully saturated rings. The second-order valence-corrected chi connectivity index (χ2v) is 0.358. The molecule has 0 heterocycles. The molecule has 0 radical (unpaired) electrons. The first kappa shape index (κ1) is 9.64. The Kier molecular flexibility index (Phi) is 21.9. The molecule has 0 aliphatic rings. The van der Waals surface area contributed by atoms with Gasteiger partial charge >= 0.3 is 0 Å². The van der Waals surface area contributed by atoms with E-state index < -0.39 is 0 Å². The van der Waals surface area contributed by atoms with E-state index in [1.54, 1.807) is 0 Å². The number of rotatable bonds is 0. The van der Waals surface area contributed by atoms with Crippen molar-refractivity contribution in [1.82, 2.24) is 0 Å². The molecule has 4 N–H and O–H groups in total. The first-order valence-corrected chi connectivity index (χ1v) is 1.20. The predicted molar refractivity (Wildman–Crippen MR) is 16.9 cm³/mol. The average Bonchev–Trinajstić information content (AvgIpc) is 1.88. The molecule has 0 atom stereocenters. The zero-order valence-electron chi connectivity index (χ0n) is 3.58. The standard InChI is InChI=1S/2H2N2O2/c2*3-1-2-4/h2*(H,1,4)(H,2,3). The molecular weight excluding hydrogens is 120 g/mol. The third-order valence-corrected chi connectivity index (χ3v) is 0.0800. The fourth-order valence-electron chi connectivity index (χ4n) is 0. The summed E-state index contributed by atoms with van der Waals surface area (Å²) in [6.07, 6.45) is 0. The van der Waals surface area contributed by atoms with Crippen molar-refractivity contribution < 1.29 is 20.8 Å². The van der Waals surface area contributed by atoms with E-state index in [2.05, 4.69) is 0 Å². The highest BCUT2D eigenvalue weighted by molar-refractivity contribution is 3.51. The summed E-state index contributed by atoms with van der Waals surface area (Å²) >= 11 is 0. The van der Waals surface area contributed by atoms with Gasteiger partial charge in [0.1, 0.15) is 0 Å². The fraction of sp³-hybridized carbons (Fsp3) is 0. The van der Waals surface area contributed by atoms with Crippen LogP contribution in [0, 0.1) is 0 Å². The van der Waals surface area contributed by atoms with Gasteiger partial charge in [-0.3, -0.25) is 0 Å². The van der Waals surface area contributed by atoms with Gasteiger partial charge in [0.15, 0.2) is 0 Å². The topological polar surface area (TPSA) is 130 Å². The lowest BCUT2D eigenvalue weighted by Gasteiger charge is -1.53. The highest BCUT2D eigenvalue weighted by Gasteiger charge is 1.35. The van der Waals surface area contributed by atoms with Crippen LogP contribution in [-0.4, -0.2) is 20.8 Å². The molecule has 0 aromatic heterocycles. The van der Waals surface area contributed by atoms with E-state index in [0.717, 1.165) is 0 Å². The van der Waals surface area contributed by atoms with Gasteiger partial charge in [-0.15, -0.1) is 0 Å². The smallest absolute Gasteiger partial charge is 0.0606 e. The predicted octanol–water partition coefficient (Wildman–Crippen LogP) is 0.434.